The highest BCUT2D eigenvalue weighted by Gasteiger charge is 2.25. The van der Waals surface area contributed by atoms with Gasteiger partial charge in [-0.15, -0.1) is 0 Å². The van der Waals surface area contributed by atoms with Crippen molar-refractivity contribution in [1.82, 2.24) is 5.32 Å². The molecule has 0 aliphatic rings. The molecule has 0 bridgehead atoms. The van der Waals surface area contributed by atoms with Crippen molar-refractivity contribution in [2.24, 2.45) is 5.73 Å². The Hall–Kier alpha value is -1.35. The number of rotatable bonds is 3. The first-order valence-corrected chi connectivity index (χ1v) is 5.47. The minimum absolute atomic E-state index is 0.0778. The van der Waals surface area contributed by atoms with Crippen LogP contribution in [-0.4, -0.2) is 17.5 Å². The third-order valence-corrected chi connectivity index (χ3v) is 2.85. The first-order chi connectivity index (χ1) is 7.33. The highest BCUT2D eigenvalue weighted by molar-refractivity contribution is 5.94. The van der Waals surface area contributed by atoms with E-state index in [2.05, 4.69) is 5.32 Å². The fraction of sp³-hybridized carbons (Fsp3) is 0.462. The van der Waals surface area contributed by atoms with E-state index in [4.69, 9.17) is 5.73 Å². The average molecular weight is 220 g/mol. The minimum Gasteiger partial charge on any atom is -0.346 e. The van der Waals surface area contributed by atoms with Crippen LogP contribution in [0.15, 0.2) is 24.3 Å². The van der Waals surface area contributed by atoms with Gasteiger partial charge in [-0.25, -0.2) is 0 Å². The normalized spacial score (nSPS) is 13.3. The van der Waals surface area contributed by atoms with Crippen LogP contribution in [0.2, 0.25) is 0 Å². The van der Waals surface area contributed by atoms with Gasteiger partial charge >= 0.3 is 0 Å². The zero-order valence-corrected chi connectivity index (χ0v) is 10.4. The molecule has 16 heavy (non-hydrogen) atoms. The molecule has 0 heterocycles. The predicted octanol–water partition coefficient (Wildman–Crippen LogP) is 1.85. The standard InChI is InChI=1S/C13H20N2O/c1-9-6-5-7-11(8-9)12(16)15-13(3,4)10(2)14/h5-8,10H,14H2,1-4H3,(H,15,16). The van der Waals surface area contributed by atoms with E-state index in [0.717, 1.165) is 5.56 Å². The predicted molar refractivity (Wildman–Crippen MR) is 66.4 cm³/mol. The molecule has 88 valence electrons. The second-order valence-electron chi connectivity index (χ2n) is 4.83. The number of benzene rings is 1. The molecular weight excluding hydrogens is 200 g/mol. The van der Waals surface area contributed by atoms with E-state index < -0.39 is 5.54 Å². The van der Waals surface area contributed by atoms with Gasteiger partial charge in [0.05, 0.1) is 0 Å². The molecule has 0 saturated carbocycles. The lowest BCUT2D eigenvalue weighted by Gasteiger charge is -2.30. The molecule has 3 N–H and O–H groups in total. The zero-order chi connectivity index (χ0) is 12.3. The van der Waals surface area contributed by atoms with Gasteiger partial charge in [-0.3, -0.25) is 4.79 Å². The summed E-state index contributed by atoms with van der Waals surface area (Å²) in [5.74, 6) is -0.0778. The Kier molecular flexibility index (Phi) is 3.70. The van der Waals surface area contributed by atoms with E-state index in [9.17, 15) is 4.79 Å². The van der Waals surface area contributed by atoms with Gasteiger partial charge in [-0.05, 0) is 39.8 Å². The second kappa shape index (κ2) is 4.66. The molecule has 1 unspecified atom stereocenters. The third kappa shape index (κ3) is 3.07. The molecule has 0 spiro atoms. The van der Waals surface area contributed by atoms with Crippen LogP contribution in [0.3, 0.4) is 0 Å². The summed E-state index contributed by atoms with van der Waals surface area (Å²) in [5.41, 5.74) is 7.16. The van der Waals surface area contributed by atoms with Gasteiger partial charge in [-0.1, -0.05) is 17.7 Å². The van der Waals surface area contributed by atoms with Gasteiger partial charge in [0.2, 0.25) is 0 Å². The zero-order valence-electron chi connectivity index (χ0n) is 10.4. The number of carbonyl (C=O) groups excluding carboxylic acids is 1. The summed E-state index contributed by atoms with van der Waals surface area (Å²) in [4.78, 5) is 12.0. The molecule has 1 atom stereocenters. The van der Waals surface area contributed by atoms with Crippen LogP contribution in [0.1, 0.15) is 36.7 Å². The maximum absolute atomic E-state index is 12.0. The van der Waals surface area contributed by atoms with E-state index in [1.54, 1.807) is 6.07 Å². The molecule has 0 aliphatic carbocycles. The SMILES string of the molecule is Cc1cccc(C(=O)NC(C)(C)C(C)N)c1. The lowest BCUT2D eigenvalue weighted by Crippen LogP contribution is -2.54. The molecule has 0 fully saturated rings. The van der Waals surface area contributed by atoms with E-state index in [1.165, 1.54) is 0 Å². The highest BCUT2D eigenvalue weighted by atomic mass is 16.1. The molecule has 0 saturated heterocycles. The second-order valence-corrected chi connectivity index (χ2v) is 4.83. The first kappa shape index (κ1) is 12.7. The van der Waals surface area contributed by atoms with E-state index in [1.807, 2.05) is 45.9 Å². The van der Waals surface area contributed by atoms with Gasteiger partial charge in [0, 0.05) is 17.1 Å². The first-order valence-electron chi connectivity index (χ1n) is 5.47. The maximum atomic E-state index is 12.0. The van der Waals surface area contributed by atoms with Crippen LogP contribution in [0.25, 0.3) is 0 Å². The van der Waals surface area contributed by atoms with Crippen molar-refractivity contribution in [3.8, 4) is 0 Å². The van der Waals surface area contributed by atoms with Crippen molar-refractivity contribution < 1.29 is 4.79 Å². The number of hydrogen-bond acceptors (Lipinski definition) is 2. The quantitative estimate of drug-likeness (QED) is 0.816. The summed E-state index contributed by atoms with van der Waals surface area (Å²) in [6, 6.07) is 7.42. The van der Waals surface area contributed by atoms with Crippen LogP contribution in [-0.2, 0) is 0 Å². The van der Waals surface area contributed by atoms with Crippen LogP contribution in [0.4, 0.5) is 0 Å². The molecule has 3 heteroatoms. The molecule has 1 rings (SSSR count). The molecule has 3 nitrogen and oxygen atoms in total. The summed E-state index contributed by atoms with van der Waals surface area (Å²) >= 11 is 0. The summed E-state index contributed by atoms with van der Waals surface area (Å²) in [6.07, 6.45) is 0. The molecule has 1 aromatic rings. The van der Waals surface area contributed by atoms with Gasteiger partial charge in [-0.2, -0.15) is 0 Å². The Bertz CT molecular complexity index is 383. The molecule has 0 radical (unpaired) electrons. The van der Waals surface area contributed by atoms with Crippen LogP contribution in [0, 0.1) is 6.92 Å². The molecule has 1 amide bonds. The van der Waals surface area contributed by atoms with Gasteiger partial charge in [0.15, 0.2) is 0 Å². The Labute approximate surface area is 97.0 Å². The number of nitrogens with one attached hydrogen (secondary N) is 1. The Balaban J connectivity index is 2.81. The van der Waals surface area contributed by atoms with Crippen molar-refractivity contribution in [2.75, 3.05) is 0 Å². The smallest absolute Gasteiger partial charge is 0.251 e. The number of nitrogens with two attached hydrogens (primary N) is 1. The van der Waals surface area contributed by atoms with E-state index in [-0.39, 0.29) is 11.9 Å². The van der Waals surface area contributed by atoms with Crippen molar-refractivity contribution in [2.45, 2.75) is 39.3 Å². The summed E-state index contributed by atoms with van der Waals surface area (Å²) < 4.78 is 0. The molecule has 0 aliphatic heterocycles. The van der Waals surface area contributed by atoms with Gasteiger partial charge < -0.3 is 11.1 Å². The third-order valence-electron chi connectivity index (χ3n) is 2.85. The summed E-state index contributed by atoms with van der Waals surface area (Å²) in [5, 5.41) is 2.94. The highest BCUT2D eigenvalue weighted by Crippen LogP contribution is 2.10. The number of amides is 1. The topological polar surface area (TPSA) is 55.1 Å². The lowest BCUT2D eigenvalue weighted by molar-refractivity contribution is 0.0903. The summed E-state index contributed by atoms with van der Waals surface area (Å²) in [7, 11) is 0. The lowest BCUT2D eigenvalue weighted by atomic mass is 9.96. The van der Waals surface area contributed by atoms with Crippen molar-refractivity contribution in [3.05, 3.63) is 35.4 Å². The Morgan fingerprint density at radius 1 is 1.44 bits per heavy atom. The van der Waals surface area contributed by atoms with Crippen LogP contribution < -0.4 is 11.1 Å². The monoisotopic (exact) mass is 220 g/mol. The average Bonchev–Trinajstić information content (AvgIpc) is 2.16. The van der Waals surface area contributed by atoms with E-state index >= 15 is 0 Å². The number of carbonyl (C=O) groups is 1. The maximum Gasteiger partial charge on any atom is 0.251 e. The molecular formula is C13H20N2O. The van der Waals surface area contributed by atoms with E-state index in [0.29, 0.717) is 5.56 Å². The van der Waals surface area contributed by atoms with Crippen molar-refractivity contribution in [1.29, 1.82) is 0 Å². The van der Waals surface area contributed by atoms with Crippen molar-refractivity contribution >= 4 is 5.91 Å². The number of hydrogen-bond donors (Lipinski definition) is 2. The van der Waals surface area contributed by atoms with Gasteiger partial charge in [0.25, 0.3) is 5.91 Å². The van der Waals surface area contributed by atoms with Gasteiger partial charge in [0.1, 0.15) is 0 Å². The fourth-order valence-electron chi connectivity index (χ4n) is 1.26. The minimum atomic E-state index is -0.402. The molecule has 1 aromatic carbocycles. The number of aryl methyl sites for hydroxylation is 1. The summed E-state index contributed by atoms with van der Waals surface area (Å²) in [6.45, 7) is 7.70. The Morgan fingerprint density at radius 2 is 2.06 bits per heavy atom. The largest absolute Gasteiger partial charge is 0.346 e. The van der Waals surface area contributed by atoms with Crippen molar-refractivity contribution in [3.63, 3.8) is 0 Å². The fourth-order valence-corrected chi connectivity index (χ4v) is 1.26. The van der Waals surface area contributed by atoms with Crippen LogP contribution in [0.5, 0.6) is 0 Å². The molecule has 0 aromatic heterocycles. The van der Waals surface area contributed by atoms with Crippen LogP contribution >= 0.6 is 0 Å². The Morgan fingerprint density at radius 3 is 2.56 bits per heavy atom.